The average Bonchev–Trinajstić information content (AvgIpc) is 2.83. The summed E-state index contributed by atoms with van der Waals surface area (Å²) in [6.45, 7) is 2.58. The zero-order valence-corrected chi connectivity index (χ0v) is 8.89. The van der Waals surface area contributed by atoms with E-state index in [0.29, 0.717) is 5.88 Å². The van der Waals surface area contributed by atoms with E-state index in [1.165, 1.54) is 5.56 Å². The Bertz CT molecular complexity index is 492. The molecule has 3 rings (SSSR count). The van der Waals surface area contributed by atoms with Crippen LogP contribution in [-0.2, 0) is 19.6 Å². The molecule has 0 aliphatic carbocycles. The minimum absolute atomic E-state index is 0.463. The predicted octanol–water partition coefficient (Wildman–Crippen LogP) is 1.77. The van der Waals surface area contributed by atoms with Crippen LogP contribution in [0.5, 0.6) is 0 Å². The molecule has 0 saturated carbocycles. The van der Waals surface area contributed by atoms with Gasteiger partial charge in [-0.1, -0.05) is 35.5 Å². The molecule has 4 heteroatoms. The van der Waals surface area contributed by atoms with Crippen LogP contribution >= 0.6 is 0 Å². The van der Waals surface area contributed by atoms with Crippen LogP contribution in [0.1, 0.15) is 16.8 Å². The van der Waals surface area contributed by atoms with Crippen molar-refractivity contribution in [3.05, 3.63) is 47.2 Å². The van der Waals surface area contributed by atoms with Gasteiger partial charge in [-0.25, -0.2) is 0 Å². The highest BCUT2D eigenvalue weighted by Crippen LogP contribution is 2.27. The summed E-state index contributed by atoms with van der Waals surface area (Å²) >= 11 is 0. The maximum Gasteiger partial charge on any atom is 0.226 e. The first-order chi connectivity index (χ1) is 7.83. The molecule has 0 atom stereocenters. The van der Waals surface area contributed by atoms with Gasteiger partial charge in [0.15, 0.2) is 0 Å². The van der Waals surface area contributed by atoms with E-state index in [4.69, 9.17) is 10.3 Å². The lowest BCUT2D eigenvalue weighted by Crippen LogP contribution is -2.16. The molecule has 1 aliphatic rings. The Kier molecular flexibility index (Phi) is 2.15. The third-order valence-electron chi connectivity index (χ3n) is 2.90. The third-order valence-corrected chi connectivity index (χ3v) is 2.90. The quantitative estimate of drug-likeness (QED) is 0.829. The van der Waals surface area contributed by atoms with Crippen LogP contribution in [-0.4, -0.2) is 10.1 Å². The van der Waals surface area contributed by atoms with Crippen molar-refractivity contribution in [2.75, 3.05) is 5.73 Å². The Hall–Kier alpha value is -1.81. The smallest absolute Gasteiger partial charge is 0.226 e. The molecule has 0 saturated heterocycles. The summed E-state index contributed by atoms with van der Waals surface area (Å²) in [5, 5.41) is 3.95. The molecule has 1 aliphatic heterocycles. The molecule has 2 N–H and O–H groups in total. The van der Waals surface area contributed by atoms with Crippen LogP contribution in [0.3, 0.4) is 0 Å². The van der Waals surface area contributed by atoms with E-state index >= 15 is 0 Å². The molecule has 0 spiro atoms. The number of rotatable bonds is 2. The second-order valence-corrected chi connectivity index (χ2v) is 4.10. The Morgan fingerprint density at radius 3 is 2.81 bits per heavy atom. The molecular weight excluding hydrogens is 202 g/mol. The van der Waals surface area contributed by atoms with E-state index < -0.39 is 0 Å². The van der Waals surface area contributed by atoms with Gasteiger partial charge in [-0.05, 0) is 5.56 Å². The first-order valence-corrected chi connectivity index (χ1v) is 5.32. The molecule has 4 nitrogen and oxygen atoms in total. The summed E-state index contributed by atoms with van der Waals surface area (Å²) in [7, 11) is 0. The Morgan fingerprint density at radius 2 is 2.06 bits per heavy atom. The second kappa shape index (κ2) is 3.64. The largest absolute Gasteiger partial charge is 0.367 e. The number of hydrogen-bond donors (Lipinski definition) is 1. The molecule has 0 amide bonds. The number of fused-ring (bicyclic) bond motifs is 1. The zero-order chi connectivity index (χ0) is 11.0. The van der Waals surface area contributed by atoms with Crippen LogP contribution in [0.2, 0.25) is 0 Å². The van der Waals surface area contributed by atoms with Crippen LogP contribution in [0.25, 0.3) is 0 Å². The van der Waals surface area contributed by atoms with Gasteiger partial charge in [-0.3, -0.25) is 4.90 Å². The van der Waals surface area contributed by atoms with Crippen molar-refractivity contribution in [3.63, 3.8) is 0 Å². The molecule has 1 aromatic carbocycles. The minimum atomic E-state index is 0.463. The van der Waals surface area contributed by atoms with E-state index in [9.17, 15) is 0 Å². The second-order valence-electron chi connectivity index (χ2n) is 4.10. The van der Waals surface area contributed by atoms with Gasteiger partial charge in [0.25, 0.3) is 0 Å². The Morgan fingerprint density at radius 1 is 1.25 bits per heavy atom. The number of nitrogens with two attached hydrogens (primary N) is 1. The average molecular weight is 215 g/mol. The fraction of sp³-hybridized carbons (Fsp3) is 0.250. The molecule has 0 fully saturated rings. The SMILES string of the molecule is Nc1onc2c1CN(Cc1ccccc1)C2. The van der Waals surface area contributed by atoms with Crippen molar-refractivity contribution in [2.45, 2.75) is 19.6 Å². The molecule has 0 unspecified atom stereocenters. The molecular formula is C12H13N3O. The number of nitrogen functional groups attached to an aromatic ring is 1. The summed E-state index contributed by atoms with van der Waals surface area (Å²) in [4.78, 5) is 2.30. The highest BCUT2D eigenvalue weighted by atomic mass is 16.5. The highest BCUT2D eigenvalue weighted by molar-refractivity contribution is 5.41. The number of anilines is 1. The van der Waals surface area contributed by atoms with Crippen LogP contribution < -0.4 is 5.73 Å². The molecule has 82 valence electrons. The fourth-order valence-electron chi connectivity index (χ4n) is 2.09. The maximum atomic E-state index is 5.69. The summed E-state index contributed by atoms with van der Waals surface area (Å²) in [6, 6.07) is 10.4. The number of benzene rings is 1. The lowest BCUT2D eigenvalue weighted by Gasteiger charge is -2.14. The standard InChI is InChI=1S/C12H13N3O/c13-12-10-7-15(8-11(10)14-16-12)6-9-4-2-1-3-5-9/h1-5H,6-8,13H2. The molecule has 0 bridgehead atoms. The van der Waals surface area contributed by atoms with E-state index in [1.54, 1.807) is 0 Å². The predicted molar refractivity (Wildman–Crippen MR) is 60.3 cm³/mol. The van der Waals surface area contributed by atoms with E-state index in [-0.39, 0.29) is 0 Å². The molecule has 2 aromatic rings. The fourth-order valence-corrected chi connectivity index (χ4v) is 2.09. The van der Waals surface area contributed by atoms with Crippen molar-refractivity contribution in [1.29, 1.82) is 0 Å². The highest BCUT2D eigenvalue weighted by Gasteiger charge is 2.25. The lowest BCUT2D eigenvalue weighted by molar-refractivity contribution is 0.262. The van der Waals surface area contributed by atoms with Gasteiger partial charge in [-0.15, -0.1) is 0 Å². The maximum absolute atomic E-state index is 5.69. The van der Waals surface area contributed by atoms with Crippen LogP contribution in [0, 0.1) is 0 Å². The van der Waals surface area contributed by atoms with Crippen LogP contribution in [0.15, 0.2) is 34.9 Å². The van der Waals surface area contributed by atoms with Gasteiger partial charge in [0, 0.05) is 19.6 Å². The van der Waals surface area contributed by atoms with Crippen molar-refractivity contribution >= 4 is 5.88 Å². The van der Waals surface area contributed by atoms with E-state index in [2.05, 4.69) is 34.3 Å². The normalized spacial score (nSPS) is 15.2. The van der Waals surface area contributed by atoms with Gasteiger partial charge in [0.2, 0.25) is 5.88 Å². The van der Waals surface area contributed by atoms with Gasteiger partial charge < -0.3 is 10.3 Å². The van der Waals surface area contributed by atoms with E-state index in [1.807, 2.05) is 6.07 Å². The lowest BCUT2D eigenvalue weighted by atomic mass is 10.2. The van der Waals surface area contributed by atoms with Crippen molar-refractivity contribution in [3.8, 4) is 0 Å². The Balaban J connectivity index is 1.73. The minimum Gasteiger partial charge on any atom is -0.367 e. The molecule has 2 heterocycles. The zero-order valence-electron chi connectivity index (χ0n) is 8.89. The molecule has 16 heavy (non-hydrogen) atoms. The summed E-state index contributed by atoms with van der Waals surface area (Å²) in [5.41, 5.74) is 9.03. The molecule has 1 aromatic heterocycles. The number of nitrogens with zero attached hydrogens (tertiary/aromatic N) is 2. The van der Waals surface area contributed by atoms with Crippen molar-refractivity contribution < 1.29 is 4.52 Å². The van der Waals surface area contributed by atoms with Crippen LogP contribution in [0.4, 0.5) is 5.88 Å². The van der Waals surface area contributed by atoms with Gasteiger partial charge in [-0.2, -0.15) is 0 Å². The van der Waals surface area contributed by atoms with Gasteiger partial charge in [0.1, 0.15) is 5.69 Å². The monoisotopic (exact) mass is 215 g/mol. The number of hydrogen-bond acceptors (Lipinski definition) is 4. The number of aromatic nitrogens is 1. The molecule has 0 radical (unpaired) electrons. The first kappa shape index (κ1) is 9.42. The summed E-state index contributed by atoms with van der Waals surface area (Å²) in [6.07, 6.45) is 0. The van der Waals surface area contributed by atoms with Crippen molar-refractivity contribution in [2.24, 2.45) is 0 Å². The third kappa shape index (κ3) is 1.57. The Labute approximate surface area is 93.6 Å². The first-order valence-electron chi connectivity index (χ1n) is 5.32. The van der Waals surface area contributed by atoms with Crippen molar-refractivity contribution in [1.82, 2.24) is 10.1 Å². The summed E-state index contributed by atoms with van der Waals surface area (Å²) < 4.78 is 4.94. The van der Waals surface area contributed by atoms with Gasteiger partial charge >= 0.3 is 0 Å². The summed E-state index contributed by atoms with van der Waals surface area (Å²) in [5.74, 6) is 0.463. The van der Waals surface area contributed by atoms with E-state index in [0.717, 1.165) is 30.9 Å². The van der Waals surface area contributed by atoms with Gasteiger partial charge in [0.05, 0.1) is 5.56 Å². The topological polar surface area (TPSA) is 55.3 Å².